The third-order valence-electron chi connectivity index (χ3n) is 6.50. The number of aromatic amines is 1. The van der Waals surface area contributed by atoms with E-state index in [2.05, 4.69) is 15.2 Å². The lowest BCUT2D eigenvalue weighted by Gasteiger charge is -2.34. The Morgan fingerprint density at radius 2 is 1.93 bits per heavy atom. The molecule has 1 aliphatic carbocycles. The summed E-state index contributed by atoms with van der Waals surface area (Å²) in [6.45, 7) is 3.40. The van der Waals surface area contributed by atoms with Gasteiger partial charge < -0.3 is 9.72 Å². The van der Waals surface area contributed by atoms with Gasteiger partial charge in [-0.3, -0.25) is 4.79 Å². The van der Waals surface area contributed by atoms with Gasteiger partial charge in [0.05, 0.1) is 29.8 Å². The summed E-state index contributed by atoms with van der Waals surface area (Å²) >= 11 is 0. The molecule has 1 aliphatic heterocycles. The van der Waals surface area contributed by atoms with Crippen molar-refractivity contribution in [3.8, 4) is 0 Å². The minimum atomic E-state index is -0.119. The van der Waals surface area contributed by atoms with E-state index in [9.17, 15) is 4.79 Å². The van der Waals surface area contributed by atoms with Gasteiger partial charge in [0.15, 0.2) is 11.3 Å². The largest absolute Gasteiger partial charge is 0.381 e. The van der Waals surface area contributed by atoms with Crippen molar-refractivity contribution in [3.63, 3.8) is 0 Å². The fraction of sp³-hybridized carbons (Fsp3) is 0.476. The number of H-pyrrole nitrogens is 1. The van der Waals surface area contributed by atoms with Gasteiger partial charge in [0.2, 0.25) is 0 Å². The van der Waals surface area contributed by atoms with Crippen molar-refractivity contribution in [1.82, 2.24) is 34.3 Å². The normalized spacial score (nSPS) is 22.6. The Labute approximate surface area is 172 Å². The quantitative estimate of drug-likeness (QED) is 0.562. The molecule has 4 aromatic rings. The monoisotopic (exact) mass is 405 g/mol. The summed E-state index contributed by atoms with van der Waals surface area (Å²) in [5.41, 5.74) is 3.36. The number of aryl methyl sites for hydroxylation is 1. The molecule has 0 aromatic carbocycles. The Morgan fingerprint density at radius 3 is 2.73 bits per heavy atom. The molecule has 1 saturated heterocycles. The molecule has 9 nitrogen and oxygen atoms in total. The highest BCUT2D eigenvalue weighted by atomic mass is 16.5. The van der Waals surface area contributed by atoms with Gasteiger partial charge in [-0.25, -0.2) is 19.2 Å². The molecule has 30 heavy (non-hydrogen) atoms. The molecule has 0 unspecified atom stereocenters. The van der Waals surface area contributed by atoms with Crippen molar-refractivity contribution in [2.75, 3.05) is 13.2 Å². The third-order valence-corrected chi connectivity index (χ3v) is 6.50. The van der Waals surface area contributed by atoms with E-state index in [0.717, 1.165) is 48.5 Å². The van der Waals surface area contributed by atoms with E-state index in [-0.39, 0.29) is 23.4 Å². The molecule has 2 fully saturated rings. The molecule has 1 saturated carbocycles. The molecule has 1 N–H and O–H groups in total. The van der Waals surface area contributed by atoms with Gasteiger partial charge in [-0.05, 0) is 44.7 Å². The van der Waals surface area contributed by atoms with Crippen LogP contribution in [0.4, 0.5) is 0 Å². The Hall–Kier alpha value is -3.07. The molecule has 2 aliphatic rings. The maximum absolute atomic E-state index is 12.8. The van der Waals surface area contributed by atoms with Crippen molar-refractivity contribution in [2.24, 2.45) is 0 Å². The number of hydrogen-bond donors (Lipinski definition) is 1. The highest BCUT2D eigenvalue weighted by Crippen LogP contribution is 2.47. The summed E-state index contributed by atoms with van der Waals surface area (Å²) < 4.78 is 9.23. The number of fused-ring (bicyclic) bond motifs is 2. The van der Waals surface area contributed by atoms with Crippen molar-refractivity contribution < 1.29 is 4.74 Å². The predicted molar refractivity (Wildman–Crippen MR) is 110 cm³/mol. The number of nitrogens with one attached hydrogen (secondary N) is 1. The second kappa shape index (κ2) is 6.73. The number of ether oxygens (including phenoxy) is 1. The van der Waals surface area contributed by atoms with E-state index in [1.165, 1.54) is 0 Å². The minimum absolute atomic E-state index is 0.119. The Morgan fingerprint density at radius 1 is 1.10 bits per heavy atom. The van der Waals surface area contributed by atoms with Crippen LogP contribution in [-0.2, 0) is 4.74 Å². The maximum atomic E-state index is 12.8. The molecule has 5 heterocycles. The number of aromatic nitrogens is 7. The van der Waals surface area contributed by atoms with Crippen LogP contribution in [0, 0.1) is 6.92 Å². The van der Waals surface area contributed by atoms with Crippen LogP contribution in [0.1, 0.15) is 60.8 Å². The average molecular weight is 405 g/mol. The second-order valence-corrected chi connectivity index (χ2v) is 8.35. The molecule has 6 rings (SSSR count). The van der Waals surface area contributed by atoms with Crippen molar-refractivity contribution in [3.05, 3.63) is 52.1 Å². The number of rotatable bonds is 3. The molecule has 0 radical (unpaired) electrons. The molecule has 9 heteroatoms. The summed E-state index contributed by atoms with van der Waals surface area (Å²) in [6, 6.07) is 4.18. The predicted octanol–water partition coefficient (Wildman–Crippen LogP) is 2.48. The summed E-state index contributed by atoms with van der Waals surface area (Å²) in [6.07, 6.45) is 7.41. The van der Waals surface area contributed by atoms with E-state index in [4.69, 9.17) is 14.7 Å². The van der Waals surface area contributed by atoms with E-state index >= 15 is 0 Å². The summed E-state index contributed by atoms with van der Waals surface area (Å²) in [4.78, 5) is 25.4. The van der Waals surface area contributed by atoms with Gasteiger partial charge in [-0.1, -0.05) is 0 Å². The zero-order chi connectivity index (χ0) is 20.2. The van der Waals surface area contributed by atoms with Gasteiger partial charge >= 0.3 is 0 Å². The molecule has 154 valence electrons. The first-order valence-corrected chi connectivity index (χ1v) is 10.6. The molecule has 2 atom stereocenters. The zero-order valence-electron chi connectivity index (χ0n) is 16.8. The van der Waals surface area contributed by atoms with Crippen LogP contribution in [0.2, 0.25) is 0 Å². The topological polar surface area (TPSA) is 103 Å². The Kier molecular flexibility index (Phi) is 3.98. The van der Waals surface area contributed by atoms with Crippen LogP contribution < -0.4 is 5.56 Å². The highest BCUT2D eigenvalue weighted by Gasteiger charge is 2.37. The van der Waals surface area contributed by atoms with Crippen molar-refractivity contribution >= 4 is 16.7 Å². The fourth-order valence-electron chi connectivity index (χ4n) is 4.68. The lowest BCUT2D eigenvalue weighted by atomic mass is 9.71. The molecular weight excluding hydrogens is 382 g/mol. The summed E-state index contributed by atoms with van der Waals surface area (Å²) in [7, 11) is 0. The van der Waals surface area contributed by atoms with E-state index in [1.807, 2.05) is 34.5 Å². The first-order chi connectivity index (χ1) is 14.7. The molecule has 0 amide bonds. The SMILES string of the molecule is Cc1ccc2nc([C@@H]3CC[C@@H]3c3nc4c(cnn4C4CCOCC4)c(=O)[nH]3)cn2n1. The maximum Gasteiger partial charge on any atom is 0.262 e. The average Bonchev–Trinajstić information content (AvgIpc) is 3.32. The molecular formula is C21H23N7O2. The fourth-order valence-corrected chi connectivity index (χ4v) is 4.68. The zero-order valence-corrected chi connectivity index (χ0v) is 16.8. The van der Waals surface area contributed by atoms with E-state index < -0.39 is 0 Å². The number of imidazole rings is 1. The van der Waals surface area contributed by atoms with Crippen LogP contribution in [-0.4, -0.2) is 47.6 Å². The molecule has 0 spiro atoms. The summed E-state index contributed by atoms with van der Waals surface area (Å²) in [5.74, 6) is 1.11. The Bertz CT molecular complexity index is 1300. The van der Waals surface area contributed by atoms with Crippen LogP contribution in [0.15, 0.2) is 29.3 Å². The Balaban J connectivity index is 1.37. The van der Waals surface area contributed by atoms with E-state index in [0.29, 0.717) is 24.2 Å². The van der Waals surface area contributed by atoms with Crippen LogP contribution in [0.3, 0.4) is 0 Å². The van der Waals surface area contributed by atoms with Gasteiger partial charge in [0.1, 0.15) is 11.2 Å². The minimum Gasteiger partial charge on any atom is -0.381 e. The van der Waals surface area contributed by atoms with Gasteiger partial charge in [0, 0.05) is 25.0 Å². The van der Waals surface area contributed by atoms with Gasteiger partial charge in [-0.15, -0.1) is 0 Å². The van der Waals surface area contributed by atoms with Gasteiger partial charge in [0.25, 0.3) is 5.56 Å². The first-order valence-electron chi connectivity index (χ1n) is 10.6. The van der Waals surface area contributed by atoms with Crippen LogP contribution in [0.25, 0.3) is 16.7 Å². The van der Waals surface area contributed by atoms with Crippen molar-refractivity contribution in [2.45, 2.75) is 50.5 Å². The highest BCUT2D eigenvalue weighted by molar-refractivity contribution is 5.73. The van der Waals surface area contributed by atoms with E-state index in [1.54, 1.807) is 6.20 Å². The number of nitrogens with zero attached hydrogens (tertiary/aromatic N) is 6. The van der Waals surface area contributed by atoms with Crippen molar-refractivity contribution in [1.29, 1.82) is 0 Å². The first kappa shape index (κ1) is 17.8. The summed E-state index contributed by atoms with van der Waals surface area (Å²) in [5, 5.41) is 9.55. The smallest absolute Gasteiger partial charge is 0.262 e. The lowest BCUT2D eigenvalue weighted by Crippen LogP contribution is -2.27. The van der Waals surface area contributed by atoms with Crippen LogP contribution in [0.5, 0.6) is 0 Å². The molecule has 0 bridgehead atoms. The third kappa shape index (κ3) is 2.76. The van der Waals surface area contributed by atoms with Crippen LogP contribution >= 0.6 is 0 Å². The lowest BCUT2D eigenvalue weighted by molar-refractivity contribution is 0.0673. The standard InChI is InChI=1S/C21H23N7O2/c1-12-2-5-18-23-17(11-27(18)26-12)14-3-4-15(14)19-24-20-16(21(29)25-19)10-22-28(20)13-6-8-30-9-7-13/h2,5,10-11,13-15H,3-4,6-9H2,1H3,(H,24,25,29)/t14-,15+/m1/s1. The molecule has 4 aromatic heterocycles. The number of hydrogen-bond acceptors (Lipinski definition) is 6. The van der Waals surface area contributed by atoms with Gasteiger partial charge in [-0.2, -0.15) is 10.2 Å². The second-order valence-electron chi connectivity index (χ2n) is 8.35.